The molecule has 1 aromatic carbocycles. The van der Waals surface area contributed by atoms with Gasteiger partial charge >= 0.3 is 0 Å². The van der Waals surface area contributed by atoms with Crippen molar-refractivity contribution in [1.82, 2.24) is 9.44 Å². The molecule has 0 saturated heterocycles. The van der Waals surface area contributed by atoms with Crippen molar-refractivity contribution in [3.05, 3.63) is 24.3 Å². The van der Waals surface area contributed by atoms with Crippen LogP contribution >= 0.6 is 0 Å². The van der Waals surface area contributed by atoms with Gasteiger partial charge in [0.05, 0.1) is 9.79 Å². The molecule has 0 amide bonds. The molecule has 0 aromatic heterocycles. The van der Waals surface area contributed by atoms with E-state index in [0.717, 1.165) is 12.8 Å². The van der Waals surface area contributed by atoms with Crippen molar-refractivity contribution in [2.24, 2.45) is 23.7 Å². The summed E-state index contributed by atoms with van der Waals surface area (Å²) in [4.78, 5) is 0.0434. The fraction of sp³-hybridized carbons (Fsp3) is 0.647. The molecular weight excluding hydrogens is 360 g/mol. The smallest absolute Gasteiger partial charge is 0.208 e. The lowest BCUT2D eigenvalue weighted by Crippen LogP contribution is -2.30. The third-order valence-electron chi connectivity index (χ3n) is 6.35. The highest BCUT2D eigenvalue weighted by Gasteiger charge is 2.65. The van der Waals surface area contributed by atoms with Crippen LogP contribution in [0.15, 0.2) is 34.1 Å². The SMILES string of the molecule is O=S(=O)(NC1CC1)c1cccc(S(=O)(=O)NC2[C@@H]3[C@H]4CC[C@@H](C4)[C@H]23)c1. The van der Waals surface area contributed by atoms with Crippen LogP contribution in [0.4, 0.5) is 0 Å². The van der Waals surface area contributed by atoms with Gasteiger partial charge in [-0.1, -0.05) is 6.07 Å². The molecule has 5 atom stereocenters. The first-order chi connectivity index (χ1) is 11.9. The summed E-state index contributed by atoms with van der Waals surface area (Å²) in [7, 11) is -7.35. The van der Waals surface area contributed by atoms with Crippen molar-refractivity contribution in [3.63, 3.8) is 0 Å². The zero-order chi connectivity index (χ0) is 17.4. The Morgan fingerprint density at radius 2 is 1.36 bits per heavy atom. The largest absolute Gasteiger partial charge is 0.240 e. The zero-order valence-corrected chi connectivity index (χ0v) is 15.4. The summed E-state index contributed by atoms with van der Waals surface area (Å²) < 4.78 is 55.5. The zero-order valence-electron chi connectivity index (χ0n) is 13.8. The summed E-state index contributed by atoms with van der Waals surface area (Å²) in [5, 5.41) is 0. The Kier molecular flexibility index (Phi) is 3.43. The number of fused-ring (bicyclic) bond motifs is 5. The van der Waals surface area contributed by atoms with Crippen molar-refractivity contribution in [2.75, 3.05) is 0 Å². The van der Waals surface area contributed by atoms with Gasteiger partial charge in [0.2, 0.25) is 20.0 Å². The summed E-state index contributed by atoms with van der Waals surface area (Å²) in [6, 6.07) is 5.69. The van der Waals surface area contributed by atoms with E-state index >= 15 is 0 Å². The molecule has 1 unspecified atom stereocenters. The number of hydrogen-bond donors (Lipinski definition) is 2. The highest BCUT2D eigenvalue weighted by Crippen LogP contribution is 2.65. The van der Waals surface area contributed by atoms with Crippen LogP contribution < -0.4 is 9.44 Å². The van der Waals surface area contributed by atoms with E-state index in [1.165, 1.54) is 43.5 Å². The predicted octanol–water partition coefficient (Wildman–Crippen LogP) is 1.45. The van der Waals surface area contributed by atoms with E-state index in [9.17, 15) is 16.8 Å². The van der Waals surface area contributed by atoms with E-state index in [-0.39, 0.29) is 21.9 Å². The predicted molar refractivity (Wildman–Crippen MR) is 91.7 cm³/mol. The molecule has 25 heavy (non-hydrogen) atoms. The first kappa shape index (κ1) is 16.2. The lowest BCUT2D eigenvalue weighted by atomic mass is 10.0. The second-order valence-electron chi connectivity index (χ2n) is 8.01. The van der Waals surface area contributed by atoms with Gasteiger partial charge in [0.1, 0.15) is 0 Å². The first-order valence-electron chi connectivity index (χ1n) is 9.00. The Morgan fingerprint density at radius 3 is 1.92 bits per heavy atom. The fourth-order valence-electron chi connectivity index (χ4n) is 5.03. The number of benzene rings is 1. The summed E-state index contributed by atoms with van der Waals surface area (Å²) in [5.74, 6) is 2.35. The van der Waals surface area contributed by atoms with Crippen LogP contribution in [-0.4, -0.2) is 28.9 Å². The van der Waals surface area contributed by atoms with Crippen molar-refractivity contribution >= 4 is 20.0 Å². The maximum Gasteiger partial charge on any atom is 0.240 e. The average Bonchev–Trinajstić information content (AvgIpc) is 3.43. The van der Waals surface area contributed by atoms with Crippen molar-refractivity contribution in [1.29, 1.82) is 0 Å². The minimum absolute atomic E-state index is 0.00953. The molecule has 4 fully saturated rings. The second kappa shape index (κ2) is 5.28. The van der Waals surface area contributed by atoms with Gasteiger partial charge in [-0.25, -0.2) is 26.3 Å². The maximum absolute atomic E-state index is 12.7. The molecule has 1 aromatic rings. The third-order valence-corrected chi connectivity index (χ3v) is 9.33. The topological polar surface area (TPSA) is 92.3 Å². The average molecular weight is 383 g/mol. The van der Waals surface area contributed by atoms with Gasteiger partial charge in [-0.05, 0) is 74.0 Å². The van der Waals surface area contributed by atoms with Gasteiger partial charge in [-0.3, -0.25) is 0 Å². The third kappa shape index (κ3) is 2.74. The Morgan fingerprint density at radius 1 is 0.800 bits per heavy atom. The summed E-state index contributed by atoms with van der Waals surface area (Å²) in [6.07, 6.45) is 5.39. The number of rotatable bonds is 6. The van der Waals surface area contributed by atoms with Crippen LogP contribution in [0, 0.1) is 23.7 Å². The van der Waals surface area contributed by atoms with Crippen LogP contribution in [0.3, 0.4) is 0 Å². The number of sulfonamides is 2. The molecule has 0 heterocycles. The summed E-state index contributed by atoms with van der Waals surface area (Å²) in [6.45, 7) is 0. The van der Waals surface area contributed by atoms with Crippen LogP contribution in [0.2, 0.25) is 0 Å². The Hall–Kier alpha value is -0.960. The lowest BCUT2D eigenvalue weighted by molar-refractivity contribution is 0.456. The van der Waals surface area contributed by atoms with Crippen LogP contribution in [-0.2, 0) is 20.0 Å². The number of nitrogens with one attached hydrogen (secondary N) is 2. The minimum Gasteiger partial charge on any atom is -0.208 e. The lowest BCUT2D eigenvalue weighted by Gasteiger charge is -2.12. The molecule has 136 valence electrons. The molecular formula is C17H22N2O4S2. The highest BCUT2D eigenvalue weighted by molar-refractivity contribution is 7.90. The molecule has 0 aliphatic heterocycles. The van der Waals surface area contributed by atoms with Gasteiger partial charge in [0.15, 0.2) is 0 Å². The molecule has 6 nitrogen and oxygen atoms in total. The molecule has 5 rings (SSSR count). The standard InChI is InChI=1S/C17H22N2O4S2/c20-24(21,18-12-6-7-12)13-2-1-3-14(9-13)25(22,23)19-17-15-10-4-5-11(8-10)16(15)17/h1-3,9-12,15-19H,4-8H2/t10-,11-,15-,16+,17?/m0/s1. The number of hydrogen-bond acceptors (Lipinski definition) is 4. The van der Waals surface area contributed by atoms with E-state index in [0.29, 0.717) is 23.7 Å². The Labute approximate surface area is 148 Å². The van der Waals surface area contributed by atoms with Crippen LogP contribution in [0.5, 0.6) is 0 Å². The molecule has 8 heteroatoms. The van der Waals surface area contributed by atoms with Gasteiger partial charge in [-0.2, -0.15) is 0 Å². The van der Waals surface area contributed by atoms with E-state index in [1.54, 1.807) is 0 Å². The quantitative estimate of drug-likeness (QED) is 0.779. The first-order valence-corrected chi connectivity index (χ1v) is 12.0. The second-order valence-corrected chi connectivity index (χ2v) is 11.4. The molecule has 2 bridgehead atoms. The van der Waals surface area contributed by atoms with Gasteiger partial charge < -0.3 is 0 Å². The Balaban J connectivity index is 1.36. The molecule has 4 aliphatic carbocycles. The molecule has 4 saturated carbocycles. The molecule has 0 spiro atoms. The maximum atomic E-state index is 12.7. The van der Waals surface area contributed by atoms with Gasteiger partial charge in [0, 0.05) is 12.1 Å². The molecule has 4 aliphatic rings. The van der Waals surface area contributed by atoms with E-state index in [1.807, 2.05) is 0 Å². The van der Waals surface area contributed by atoms with E-state index < -0.39 is 20.0 Å². The van der Waals surface area contributed by atoms with Crippen LogP contribution in [0.1, 0.15) is 32.1 Å². The van der Waals surface area contributed by atoms with E-state index in [4.69, 9.17) is 0 Å². The summed E-state index contributed by atoms with van der Waals surface area (Å²) >= 11 is 0. The normalized spacial score (nSPS) is 36.4. The molecule has 2 N–H and O–H groups in total. The molecule has 0 radical (unpaired) electrons. The van der Waals surface area contributed by atoms with Crippen molar-refractivity contribution in [3.8, 4) is 0 Å². The minimum atomic E-state index is -3.70. The highest BCUT2D eigenvalue weighted by atomic mass is 32.2. The monoisotopic (exact) mass is 382 g/mol. The van der Waals surface area contributed by atoms with Gasteiger partial charge in [0.25, 0.3) is 0 Å². The van der Waals surface area contributed by atoms with Crippen LogP contribution in [0.25, 0.3) is 0 Å². The van der Waals surface area contributed by atoms with Crippen molar-refractivity contribution in [2.45, 2.75) is 54.0 Å². The Bertz CT molecular complexity index is 908. The van der Waals surface area contributed by atoms with E-state index in [2.05, 4.69) is 9.44 Å². The fourth-order valence-corrected chi connectivity index (χ4v) is 7.80. The van der Waals surface area contributed by atoms with Gasteiger partial charge in [-0.15, -0.1) is 0 Å². The van der Waals surface area contributed by atoms with Crippen molar-refractivity contribution < 1.29 is 16.8 Å². The summed E-state index contributed by atoms with van der Waals surface area (Å²) in [5.41, 5.74) is 0.